The van der Waals surface area contributed by atoms with Crippen LogP contribution in [-0.4, -0.2) is 70.1 Å². The first-order valence-corrected chi connectivity index (χ1v) is 17.3. The van der Waals surface area contributed by atoms with E-state index in [-0.39, 0.29) is 41.6 Å². The van der Waals surface area contributed by atoms with E-state index in [4.69, 9.17) is 4.74 Å². The van der Waals surface area contributed by atoms with E-state index in [0.717, 1.165) is 48.9 Å². The zero-order valence-electron chi connectivity index (χ0n) is 28.9. The van der Waals surface area contributed by atoms with E-state index in [2.05, 4.69) is 45.3 Å². The summed E-state index contributed by atoms with van der Waals surface area (Å²) >= 11 is 0. The normalized spacial score (nSPS) is 21.2. The maximum absolute atomic E-state index is 14.0. The van der Waals surface area contributed by atoms with Crippen molar-refractivity contribution < 1.29 is 23.9 Å². The number of carbonyl (C=O) groups excluding carboxylic acids is 4. The van der Waals surface area contributed by atoms with Crippen LogP contribution >= 0.6 is 0 Å². The molecule has 12 heteroatoms. The lowest BCUT2D eigenvalue weighted by atomic mass is 9.83. The molecule has 6 rings (SSSR count). The Morgan fingerprint density at radius 1 is 1.02 bits per heavy atom. The number of anilines is 1. The molecule has 49 heavy (non-hydrogen) atoms. The van der Waals surface area contributed by atoms with Gasteiger partial charge in [0.1, 0.15) is 23.0 Å². The molecule has 0 spiro atoms. The van der Waals surface area contributed by atoms with E-state index in [0.29, 0.717) is 47.8 Å². The Labute approximate surface area is 287 Å². The van der Waals surface area contributed by atoms with E-state index in [9.17, 15) is 19.2 Å². The average Bonchev–Trinajstić information content (AvgIpc) is 3.78. The van der Waals surface area contributed by atoms with Crippen molar-refractivity contribution in [2.24, 2.45) is 11.8 Å². The van der Waals surface area contributed by atoms with Crippen LogP contribution in [0.15, 0.2) is 42.5 Å². The number of fused-ring (bicyclic) bond motifs is 1. The number of hydrogen-bond acceptors (Lipinski definition) is 6. The van der Waals surface area contributed by atoms with Crippen LogP contribution in [0.1, 0.15) is 78.8 Å². The largest absolute Gasteiger partial charge is 0.453 e. The fraction of sp³-hybridized carbons (Fsp3) is 0.486. The number of urea groups is 1. The molecule has 2 aromatic carbocycles. The molecule has 12 nitrogen and oxygen atoms in total. The number of aromatic nitrogens is 2. The van der Waals surface area contributed by atoms with Crippen LogP contribution in [0.2, 0.25) is 0 Å². The van der Waals surface area contributed by atoms with Crippen LogP contribution in [0.25, 0.3) is 0 Å². The predicted molar refractivity (Wildman–Crippen MR) is 186 cm³/mol. The molecule has 2 heterocycles. The minimum Gasteiger partial charge on any atom is -0.453 e. The standard InChI is InChI=1S/C37H47N7O5/c1-21(2)30-20-44(36(48)40-30)37(35(47)38-5)18-26-14-15-28(16-27(26)19-37)39-34(46)31(24-10-7-6-8-11-24)41-33(45)25-12-9-13-29(17-25)49-32-22(3)42-43-23(32)4/h9,12-17,21,24,30-31H,6-8,10-11,18-20H2,1-5H3,(H,38,47)(H,39,46)(H,40,48)(H,41,45)(H,42,43)/t30-,31-,37?/m0/s1. The monoisotopic (exact) mass is 669 g/mol. The third-order valence-electron chi connectivity index (χ3n) is 10.4. The Morgan fingerprint density at radius 2 is 1.78 bits per heavy atom. The molecule has 5 N–H and O–H groups in total. The first kappa shape index (κ1) is 34.0. The Balaban J connectivity index is 1.19. The molecule has 1 aliphatic heterocycles. The Bertz CT molecular complexity index is 1730. The lowest BCUT2D eigenvalue weighted by Crippen LogP contribution is -2.60. The first-order valence-electron chi connectivity index (χ1n) is 17.3. The highest BCUT2D eigenvalue weighted by Crippen LogP contribution is 2.38. The second kappa shape index (κ2) is 13.9. The van der Waals surface area contributed by atoms with Crippen LogP contribution in [0.3, 0.4) is 0 Å². The summed E-state index contributed by atoms with van der Waals surface area (Å²) in [5.74, 6) is 0.478. The second-order valence-corrected chi connectivity index (χ2v) is 14.1. The third kappa shape index (κ3) is 6.86. The van der Waals surface area contributed by atoms with Crippen molar-refractivity contribution in [3.05, 3.63) is 70.5 Å². The van der Waals surface area contributed by atoms with Crippen molar-refractivity contribution in [1.29, 1.82) is 0 Å². The van der Waals surface area contributed by atoms with E-state index >= 15 is 0 Å². The number of carbonyl (C=O) groups is 4. The smallest absolute Gasteiger partial charge is 0.318 e. The van der Waals surface area contributed by atoms with Crippen molar-refractivity contribution in [3.8, 4) is 11.5 Å². The van der Waals surface area contributed by atoms with Gasteiger partial charge in [0.2, 0.25) is 11.8 Å². The fourth-order valence-electron chi connectivity index (χ4n) is 7.57. The summed E-state index contributed by atoms with van der Waals surface area (Å²) in [6.45, 7) is 8.26. The summed E-state index contributed by atoms with van der Waals surface area (Å²) in [6, 6.07) is 11.5. The first-order chi connectivity index (χ1) is 23.5. The van der Waals surface area contributed by atoms with Gasteiger partial charge >= 0.3 is 6.03 Å². The van der Waals surface area contributed by atoms with Crippen LogP contribution in [0.4, 0.5) is 10.5 Å². The number of benzene rings is 2. The Hall–Kier alpha value is -4.87. The molecule has 0 radical (unpaired) electrons. The summed E-state index contributed by atoms with van der Waals surface area (Å²) < 4.78 is 6.04. The SMILES string of the molecule is CNC(=O)C1(N2C[C@@H](C(C)C)NC2=O)Cc2ccc(NC(=O)[C@@H](NC(=O)c3cccc(Oc4c(C)n[nH]c4C)c3)C3CCCCC3)cc2C1. The zero-order valence-corrected chi connectivity index (χ0v) is 28.9. The quantitative estimate of drug-likeness (QED) is 0.209. The van der Waals surface area contributed by atoms with Gasteiger partial charge in [0, 0.05) is 37.7 Å². The summed E-state index contributed by atoms with van der Waals surface area (Å²) in [5.41, 5.74) is 3.28. The molecule has 1 saturated carbocycles. The van der Waals surface area contributed by atoms with Crippen molar-refractivity contribution in [1.82, 2.24) is 31.0 Å². The molecule has 3 atom stereocenters. The molecule has 3 aliphatic rings. The Morgan fingerprint density at radius 3 is 2.45 bits per heavy atom. The van der Waals surface area contributed by atoms with Crippen molar-refractivity contribution in [2.45, 2.75) is 90.3 Å². The maximum atomic E-state index is 14.0. The number of rotatable bonds is 10. The van der Waals surface area contributed by atoms with Gasteiger partial charge in [-0.3, -0.25) is 19.5 Å². The summed E-state index contributed by atoms with van der Waals surface area (Å²) in [4.78, 5) is 55.9. The molecular formula is C37H47N7O5. The maximum Gasteiger partial charge on any atom is 0.318 e. The van der Waals surface area contributed by atoms with E-state index < -0.39 is 11.6 Å². The zero-order chi connectivity index (χ0) is 34.9. The average molecular weight is 670 g/mol. The van der Waals surface area contributed by atoms with Gasteiger partial charge in [-0.05, 0) is 80.0 Å². The van der Waals surface area contributed by atoms with Crippen molar-refractivity contribution >= 4 is 29.4 Å². The highest BCUT2D eigenvalue weighted by atomic mass is 16.5. The van der Waals surface area contributed by atoms with E-state index in [1.54, 1.807) is 36.2 Å². The molecule has 2 fully saturated rings. The number of H-pyrrole nitrogens is 1. The van der Waals surface area contributed by atoms with Crippen molar-refractivity contribution in [3.63, 3.8) is 0 Å². The topological polar surface area (TPSA) is 158 Å². The van der Waals surface area contributed by atoms with E-state index in [1.807, 2.05) is 32.0 Å². The number of nitrogens with one attached hydrogen (secondary N) is 5. The minimum atomic E-state index is -1.06. The predicted octanol–water partition coefficient (Wildman–Crippen LogP) is 4.77. The summed E-state index contributed by atoms with van der Waals surface area (Å²) in [7, 11) is 1.59. The summed E-state index contributed by atoms with van der Waals surface area (Å²) in [6.07, 6.45) is 5.51. The van der Waals surface area contributed by atoms with Gasteiger partial charge in [0.15, 0.2) is 5.75 Å². The third-order valence-corrected chi connectivity index (χ3v) is 10.4. The van der Waals surface area contributed by atoms with Gasteiger partial charge in [-0.25, -0.2) is 4.79 Å². The van der Waals surface area contributed by atoms with Gasteiger partial charge < -0.3 is 30.9 Å². The molecule has 3 aromatic rings. The molecular weight excluding hydrogens is 622 g/mol. The number of nitrogens with zero attached hydrogens (tertiary/aromatic N) is 2. The lowest BCUT2D eigenvalue weighted by molar-refractivity contribution is -0.130. The van der Waals surface area contributed by atoms with Gasteiger partial charge in [-0.15, -0.1) is 0 Å². The summed E-state index contributed by atoms with van der Waals surface area (Å²) in [5, 5.41) is 19.0. The van der Waals surface area contributed by atoms with Crippen LogP contribution in [0, 0.1) is 25.7 Å². The molecule has 0 bridgehead atoms. The number of aryl methyl sites for hydroxylation is 2. The number of hydrogen-bond donors (Lipinski definition) is 5. The van der Waals surface area contributed by atoms with Gasteiger partial charge in [-0.2, -0.15) is 5.10 Å². The number of ether oxygens (including phenoxy) is 1. The van der Waals surface area contributed by atoms with Crippen LogP contribution in [-0.2, 0) is 22.4 Å². The number of aromatic amines is 1. The highest BCUT2D eigenvalue weighted by Gasteiger charge is 2.53. The molecule has 2 aliphatic carbocycles. The van der Waals surface area contributed by atoms with Gasteiger partial charge in [0.05, 0.1) is 11.7 Å². The molecule has 260 valence electrons. The van der Waals surface area contributed by atoms with E-state index in [1.165, 1.54) is 0 Å². The molecule has 5 amide bonds. The van der Waals surface area contributed by atoms with Gasteiger partial charge in [-0.1, -0.05) is 45.2 Å². The Kier molecular flexibility index (Phi) is 9.67. The fourth-order valence-corrected chi connectivity index (χ4v) is 7.57. The lowest BCUT2D eigenvalue weighted by Gasteiger charge is -2.36. The minimum absolute atomic E-state index is 0.00808. The number of amides is 5. The molecule has 1 unspecified atom stereocenters. The molecule has 1 saturated heterocycles. The second-order valence-electron chi connectivity index (χ2n) is 14.1. The molecule has 1 aromatic heterocycles. The highest BCUT2D eigenvalue weighted by molar-refractivity contribution is 6.01. The number of likely N-dealkylation sites (N-methyl/N-ethyl adjacent to an activating group) is 1. The van der Waals surface area contributed by atoms with Crippen LogP contribution in [0.5, 0.6) is 11.5 Å². The van der Waals surface area contributed by atoms with Gasteiger partial charge in [0.25, 0.3) is 5.91 Å². The van der Waals surface area contributed by atoms with Crippen LogP contribution < -0.4 is 26.0 Å². The van der Waals surface area contributed by atoms with Crippen molar-refractivity contribution in [2.75, 3.05) is 18.9 Å².